The van der Waals surface area contributed by atoms with Crippen molar-refractivity contribution in [3.63, 3.8) is 0 Å². The second-order valence-electron chi connectivity index (χ2n) is 9.65. The highest BCUT2D eigenvalue weighted by molar-refractivity contribution is 7.63. The molecule has 0 unspecified atom stereocenters. The first-order valence-electron chi connectivity index (χ1n) is 16.6. The molecule has 1 aromatic carbocycles. The molecule has 0 fully saturated rings. The largest absolute Gasteiger partial charge is 0.398 e. The summed E-state index contributed by atoms with van der Waals surface area (Å²) in [6.07, 6.45) is 0. The van der Waals surface area contributed by atoms with Gasteiger partial charge in [-0.15, -0.1) is 0 Å². The monoisotopic (exact) mass is 810 g/mol. The highest BCUT2D eigenvalue weighted by atomic mass is 31.2. The maximum Gasteiger partial charge on any atom is 0.398 e. The van der Waals surface area contributed by atoms with Gasteiger partial charge < -0.3 is 46.8 Å². The minimum atomic E-state index is -4.15. The Balaban J connectivity index is 2.23. The average molecular weight is 811 g/mol. The first-order valence-corrected chi connectivity index (χ1v) is 22.7. The Morgan fingerprint density at radius 2 is 0.615 bits per heavy atom. The molecule has 0 saturated heterocycles. The maximum atomic E-state index is 13.8. The Hall–Kier alpha value is -2.56. The van der Waals surface area contributed by atoms with Gasteiger partial charge in [-0.05, 0) is 67.5 Å². The standard InChI is InChI=1S/C28H46N8O12P4/c1-9-41-49(37,42-10-2)25-31-23(32-26(35-25)50(38,43-11-3)44-12-4)29-21-19-17-18-20-22(21)30-24-33-27(51(39,45-13-5)46-14-6)36-28(34-24)52(40,47-15-7)48-16-8/h17-20H,9-16H2,1-8H3,(H,29,31,32,35)(H,30,33,34,36). The summed E-state index contributed by atoms with van der Waals surface area (Å²) in [6.45, 7) is 12.8. The van der Waals surface area contributed by atoms with Crippen LogP contribution in [0.1, 0.15) is 55.4 Å². The zero-order valence-corrected chi connectivity index (χ0v) is 33.9. The molecule has 24 heteroatoms. The summed E-state index contributed by atoms with van der Waals surface area (Å²) in [5.74, 6) is -0.472. The van der Waals surface area contributed by atoms with Crippen LogP contribution in [-0.4, -0.2) is 82.8 Å². The van der Waals surface area contributed by atoms with Crippen LogP contribution in [-0.2, 0) is 54.5 Å². The zero-order valence-electron chi connectivity index (χ0n) is 30.3. The van der Waals surface area contributed by atoms with Crippen molar-refractivity contribution in [3.05, 3.63) is 24.3 Å². The molecular formula is C28H46N8O12P4. The number of hydrogen-bond donors (Lipinski definition) is 2. The van der Waals surface area contributed by atoms with Crippen LogP contribution in [0.5, 0.6) is 0 Å². The normalized spacial score (nSPS) is 12.6. The fraction of sp³-hybridized carbons (Fsp3) is 0.571. The Kier molecular flexibility index (Phi) is 17.0. The van der Waals surface area contributed by atoms with Gasteiger partial charge in [0.2, 0.25) is 34.2 Å². The van der Waals surface area contributed by atoms with Gasteiger partial charge in [0.05, 0.1) is 64.2 Å². The molecule has 0 aliphatic heterocycles. The topological polar surface area (TPSA) is 244 Å². The molecule has 0 radical (unpaired) electrons. The van der Waals surface area contributed by atoms with E-state index in [0.717, 1.165) is 0 Å². The number of anilines is 4. The van der Waals surface area contributed by atoms with Gasteiger partial charge in [-0.3, -0.25) is 18.3 Å². The van der Waals surface area contributed by atoms with Crippen LogP contribution in [0.25, 0.3) is 0 Å². The molecule has 0 aliphatic rings. The first-order chi connectivity index (χ1) is 24.8. The predicted octanol–water partition coefficient (Wildman–Crippen LogP) is 5.11. The van der Waals surface area contributed by atoms with E-state index < -0.39 is 52.6 Å². The third-order valence-electron chi connectivity index (χ3n) is 6.02. The Labute approximate surface area is 303 Å². The number of nitrogens with one attached hydrogen (secondary N) is 2. The van der Waals surface area contributed by atoms with E-state index in [1.807, 2.05) is 0 Å². The van der Waals surface area contributed by atoms with E-state index >= 15 is 0 Å². The Morgan fingerprint density at radius 1 is 0.404 bits per heavy atom. The fourth-order valence-electron chi connectivity index (χ4n) is 4.22. The summed E-state index contributed by atoms with van der Waals surface area (Å²) in [5.41, 5.74) is -1.21. The summed E-state index contributed by atoms with van der Waals surface area (Å²) in [7, 11) is -16.6. The van der Waals surface area contributed by atoms with E-state index in [0.29, 0.717) is 0 Å². The molecule has 0 aliphatic carbocycles. The molecule has 2 aromatic heterocycles. The molecule has 3 aromatic rings. The van der Waals surface area contributed by atoms with Crippen molar-refractivity contribution in [1.29, 1.82) is 0 Å². The van der Waals surface area contributed by atoms with Crippen molar-refractivity contribution in [3.8, 4) is 0 Å². The van der Waals surface area contributed by atoms with E-state index in [9.17, 15) is 18.3 Å². The van der Waals surface area contributed by atoms with E-state index in [2.05, 4.69) is 40.5 Å². The summed E-state index contributed by atoms with van der Waals surface area (Å²) in [4.78, 5) is 25.6. The summed E-state index contributed by atoms with van der Waals surface area (Å²) in [5, 5.41) is 5.98. The zero-order chi connectivity index (χ0) is 38.4. The minimum absolute atomic E-state index is 0.0165. The van der Waals surface area contributed by atoms with Gasteiger partial charge in [-0.1, -0.05) is 12.1 Å². The quantitative estimate of drug-likeness (QED) is 0.112. The molecule has 0 amide bonds. The number of para-hydroxylation sites is 2. The molecule has 2 heterocycles. The van der Waals surface area contributed by atoms with Gasteiger partial charge >= 0.3 is 30.4 Å². The van der Waals surface area contributed by atoms with Crippen LogP contribution in [0.4, 0.5) is 23.3 Å². The van der Waals surface area contributed by atoms with Crippen molar-refractivity contribution >= 4 is 75.9 Å². The van der Waals surface area contributed by atoms with Gasteiger partial charge in [0, 0.05) is 0 Å². The second kappa shape index (κ2) is 20.2. The molecule has 290 valence electrons. The summed E-state index contributed by atoms with van der Waals surface area (Å²) < 4.78 is 98.9. The fourth-order valence-corrected chi connectivity index (χ4v) is 10.1. The van der Waals surface area contributed by atoms with Gasteiger partial charge in [0.1, 0.15) is 0 Å². The third kappa shape index (κ3) is 11.0. The number of hydrogen-bond acceptors (Lipinski definition) is 20. The summed E-state index contributed by atoms with van der Waals surface area (Å²) in [6, 6.07) is 6.57. The van der Waals surface area contributed by atoms with Gasteiger partial charge in [-0.2, -0.15) is 29.9 Å². The Bertz CT molecular complexity index is 1560. The average Bonchev–Trinajstić information content (AvgIpc) is 3.10. The lowest BCUT2D eigenvalue weighted by Gasteiger charge is -2.21. The lowest BCUT2D eigenvalue weighted by molar-refractivity contribution is 0.225. The molecule has 2 N–H and O–H groups in total. The maximum absolute atomic E-state index is 13.8. The number of rotatable bonds is 24. The van der Waals surface area contributed by atoms with E-state index in [4.69, 9.17) is 36.2 Å². The smallest absolute Gasteiger partial charge is 0.322 e. The van der Waals surface area contributed by atoms with Gasteiger partial charge in [0.15, 0.2) is 0 Å². The van der Waals surface area contributed by atoms with Gasteiger partial charge in [0.25, 0.3) is 0 Å². The lowest BCUT2D eigenvalue weighted by atomic mass is 10.2. The third-order valence-corrected chi connectivity index (χ3v) is 13.6. The molecule has 0 bridgehead atoms. The van der Waals surface area contributed by atoms with Crippen molar-refractivity contribution in [1.82, 2.24) is 29.9 Å². The van der Waals surface area contributed by atoms with Crippen LogP contribution >= 0.6 is 30.4 Å². The first kappa shape index (κ1) is 43.8. The van der Waals surface area contributed by atoms with Gasteiger partial charge in [-0.25, -0.2) is 0 Å². The molecule has 52 heavy (non-hydrogen) atoms. The molecule has 20 nitrogen and oxygen atoms in total. The van der Waals surface area contributed by atoms with Crippen LogP contribution in [0, 0.1) is 0 Å². The summed E-state index contributed by atoms with van der Waals surface area (Å²) >= 11 is 0. The Morgan fingerprint density at radius 3 is 0.808 bits per heavy atom. The SMILES string of the molecule is CCOP(=O)(OCC)c1nc(Nc2ccccc2Nc2nc(P(=O)(OCC)OCC)nc(P(=O)(OCC)OCC)n2)nc(P(=O)(OCC)OCC)n1. The second-order valence-corrected chi connectivity index (χ2v) is 17.3. The minimum Gasteiger partial charge on any atom is -0.322 e. The predicted molar refractivity (Wildman–Crippen MR) is 195 cm³/mol. The van der Waals surface area contributed by atoms with E-state index in [1.165, 1.54) is 0 Å². The highest BCUT2D eigenvalue weighted by Crippen LogP contribution is 2.50. The van der Waals surface area contributed by atoms with E-state index in [1.54, 1.807) is 79.7 Å². The van der Waals surface area contributed by atoms with Crippen LogP contribution < -0.4 is 32.9 Å². The highest BCUT2D eigenvalue weighted by Gasteiger charge is 2.39. The van der Waals surface area contributed by atoms with Crippen molar-refractivity contribution in [2.75, 3.05) is 63.5 Å². The molecular weight excluding hydrogens is 764 g/mol. The van der Waals surface area contributed by atoms with E-state index in [-0.39, 0.29) is 76.1 Å². The number of nitrogens with zero attached hydrogens (tertiary/aromatic N) is 6. The van der Waals surface area contributed by atoms with Crippen molar-refractivity contribution in [2.45, 2.75) is 55.4 Å². The van der Waals surface area contributed by atoms with Crippen LogP contribution in [0.3, 0.4) is 0 Å². The molecule has 0 saturated carbocycles. The lowest BCUT2D eigenvalue weighted by Crippen LogP contribution is -2.31. The number of benzene rings is 1. The van der Waals surface area contributed by atoms with Crippen LogP contribution in [0.15, 0.2) is 24.3 Å². The molecule has 0 atom stereocenters. The van der Waals surface area contributed by atoms with Crippen molar-refractivity contribution < 1.29 is 54.5 Å². The molecule has 0 spiro atoms. The molecule has 3 rings (SSSR count). The number of aromatic nitrogens is 6. The van der Waals surface area contributed by atoms with Crippen molar-refractivity contribution in [2.24, 2.45) is 0 Å². The van der Waals surface area contributed by atoms with Crippen LogP contribution in [0.2, 0.25) is 0 Å².